The molecule has 0 bridgehead atoms. The fourth-order valence-corrected chi connectivity index (χ4v) is 1.49. The predicted molar refractivity (Wildman–Crippen MR) is 53.0 cm³/mol. The van der Waals surface area contributed by atoms with Gasteiger partial charge < -0.3 is 11.1 Å². The van der Waals surface area contributed by atoms with Crippen LogP contribution in [0.3, 0.4) is 0 Å². The summed E-state index contributed by atoms with van der Waals surface area (Å²) < 4.78 is 0. The molecule has 2 atom stereocenters. The van der Waals surface area contributed by atoms with Crippen LogP contribution in [0.4, 0.5) is 0 Å². The van der Waals surface area contributed by atoms with Crippen LogP contribution in [0, 0.1) is 11.8 Å². The molecule has 0 aromatic heterocycles. The topological polar surface area (TPSA) is 38.0 Å². The summed E-state index contributed by atoms with van der Waals surface area (Å²) in [6, 6.07) is 0.341. The largest absolute Gasteiger partial charge is 0.328 e. The molecule has 0 amide bonds. The zero-order chi connectivity index (χ0) is 8.97. The van der Waals surface area contributed by atoms with Crippen molar-refractivity contribution < 1.29 is 0 Å². The molecule has 1 aliphatic carbocycles. The number of nitrogens with one attached hydrogen (secondary N) is 1. The molecule has 2 unspecified atom stereocenters. The Morgan fingerprint density at radius 1 is 1.42 bits per heavy atom. The molecule has 0 radical (unpaired) electrons. The Hall–Kier alpha value is -0.0800. The Bertz CT molecular complexity index is 119. The second-order valence-electron chi connectivity index (χ2n) is 4.28. The minimum absolute atomic E-state index is 0.341. The van der Waals surface area contributed by atoms with Crippen LogP contribution >= 0.6 is 0 Å². The summed E-state index contributed by atoms with van der Waals surface area (Å²) >= 11 is 0. The van der Waals surface area contributed by atoms with Crippen LogP contribution < -0.4 is 11.1 Å². The van der Waals surface area contributed by atoms with E-state index in [4.69, 9.17) is 5.73 Å². The van der Waals surface area contributed by atoms with Crippen LogP contribution in [0.15, 0.2) is 0 Å². The Kier molecular flexibility index (Phi) is 4.02. The zero-order valence-electron chi connectivity index (χ0n) is 8.34. The molecule has 0 aromatic carbocycles. The van der Waals surface area contributed by atoms with Crippen LogP contribution in [0.25, 0.3) is 0 Å². The average molecular weight is 170 g/mol. The maximum atomic E-state index is 5.64. The lowest BCUT2D eigenvalue weighted by atomic mass is 10.1. The van der Waals surface area contributed by atoms with E-state index in [1.807, 2.05) is 0 Å². The molecule has 72 valence electrons. The van der Waals surface area contributed by atoms with E-state index in [9.17, 15) is 0 Å². The third-order valence-electron chi connectivity index (χ3n) is 2.67. The van der Waals surface area contributed by atoms with Gasteiger partial charge in [0.1, 0.15) is 0 Å². The molecule has 0 aromatic rings. The second kappa shape index (κ2) is 4.83. The van der Waals surface area contributed by atoms with Gasteiger partial charge in [-0.15, -0.1) is 0 Å². The van der Waals surface area contributed by atoms with Crippen LogP contribution in [-0.4, -0.2) is 19.1 Å². The van der Waals surface area contributed by atoms with E-state index < -0.39 is 0 Å². The Morgan fingerprint density at radius 2 is 2.08 bits per heavy atom. The van der Waals surface area contributed by atoms with Gasteiger partial charge in [0.05, 0.1) is 0 Å². The molecule has 1 rings (SSSR count). The monoisotopic (exact) mass is 170 g/mol. The maximum absolute atomic E-state index is 5.64. The standard InChI is InChI=1S/C10H22N2/c1-8(10-3-4-10)7-12-6-5-9(2)11/h8-10,12H,3-7,11H2,1-2H3. The average Bonchev–Trinajstić information content (AvgIpc) is 2.79. The Morgan fingerprint density at radius 3 is 2.58 bits per heavy atom. The lowest BCUT2D eigenvalue weighted by molar-refractivity contribution is 0.453. The zero-order valence-corrected chi connectivity index (χ0v) is 8.34. The minimum atomic E-state index is 0.341. The summed E-state index contributed by atoms with van der Waals surface area (Å²) in [7, 11) is 0. The van der Waals surface area contributed by atoms with Crippen molar-refractivity contribution in [1.29, 1.82) is 0 Å². The van der Waals surface area contributed by atoms with E-state index >= 15 is 0 Å². The molecular weight excluding hydrogens is 148 g/mol. The predicted octanol–water partition coefficient (Wildman–Crippen LogP) is 1.36. The first kappa shape index (κ1) is 10.0. The minimum Gasteiger partial charge on any atom is -0.328 e. The fraction of sp³-hybridized carbons (Fsp3) is 1.00. The van der Waals surface area contributed by atoms with Gasteiger partial charge in [-0.2, -0.15) is 0 Å². The molecule has 3 N–H and O–H groups in total. The van der Waals surface area contributed by atoms with Crippen LogP contribution in [0.2, 0.25) is 0 Å². The summed E-state index contributed by atoms with van der Waals surface area (Å²) in [6.45, 7) is 6.66. The highest BCUT2D eigenvalue weighted by molar-refractivity contribution is 4.79. The molecular formula is C10H22N2. The maximum Gasteiger partial charge on any atom is 0.00225 e. The SMILES string of the molecule is CC(N)CCNCC(C)C1CC1. The first-order valence-corrected chi connectivity index (χ1v) is 5.16. The van der Waals surface area contributed by atoms with E-state index in [1.54, 1.807) is 0 Å². The van der Waals surface area contributed by atoms with Crippen molar-refractivity contribution in [3.05, 3.63) is 0 Å². The van der Waals surface area contributed by atoms with Gasteiger partial charge in [-0.3, -0.25) is 0 Å². The van der Waals surface area contributed by atoms with Gasteiger partial charge in [0, 0.05) is 6.04 Å². The molecule has 1 aliphatic rings. The number of rotatable bonds is 6. The van der Waals surface area contributed by atoms with Crippen molar-refractivity contribution in [2.75, 3.05) is 13.1 Å². The van der Waals surface area contributed by atoms with Crippen LogP contribution in [-0.2, 0) is 0 Å². The normalized spacial score (nSPS) is 22.2. The van der Waals surface area contributed by atoms with Gasteiger partial charge in [0.15, 0.2) is 0 Å². The second-order valence-corrected chi connectivity index (χ2v) is 4.28. The van der Waals surface area contributed by atoms with Crippen molar-refractivity contribution in [3.8, 4) is 0 Å². The quantitative estimate of drug-likeness (QED) is 0.591. The van der Waals surface area contributed by atoms with Crippen molar-refractivity contribution in [2.24, 2.45) is 17.6 Å². The first-order chi connectivity index (χ1) is 5.70. The fourth-order valence-electron chi connectivity index (χ4n) is 1.49. The first-order valence-electron chi connectivity index (χ1n) is 5.16. The third kappa shape index (κ3) is 4.07. The van der Waals surface area contributed by atoms with Crippen LogP contribution in [0.1, 0.15) is 33.1 Å². The van der Waals surface area contributed by atoms with E-state index in [-0.39, 0.29) is 0 Å². The van der Waals surface area contributed by atoms with Gasteiger partial charge in [-0.1, -0.05) is 6.92 Å². The summed E-state index contributed by atoms with van der Waals surface area (Å²) in [5, 5.41) is 3.46. The molecule has 0 aliphatic heterocycles. The summed E-state index contributed by atoms with van der Waals surface area (Å²) in [4.78, 5) is 0. The van der Waals surface area contributed by atoms with E-state index in [2.05, 4.69) is 19.2 Å². The van der Waals surface area contributed by atoms with Crippen molar-refractivity contribution in [2.45, 2.75) is 39.2 Å². The molecule has 0 heterocycles. The van der Waals surface area contributed by atoms with Gasteiger partial charge >= 0.3 is 0 Å². The van der Waals surface area contributed by atoms with Crippen molar-refractivity contribution >= 4 is 0 Å². The number of hydrogen-bond acceptors (Lipinski definition) is 2. The van der Waals surface area contributed by atoms with Crippen LogP contribution in [0.5, 0.6) is 0 Å². The van der Waals surface area contributed by atoms with Gasteiger partial charge in [-0.25, -0.2) is 0 Å². The number of nitrogens with two attached hydrogens (primary N) is 1. The van der Waals surface area contributed by atoms with E-state index in [0.29, 0.717) is 6.04 Å². The van der Waals surface area contributed by atoms with Crippen molar-refractivity contribution in [3.63, 3.8) is 0 Å². The smallest absolute Gasteiger partial charge is 0.00225 e. The Balaban J connectivity index is 1.87. The highest BCUT2D eigenvalue weighted by atomic mass is 14.9. The van der Waals surface area contributed by atoms with Gasteiger partial charge in [-0.05, 0) is 51.1 Å². The molecule has 0 spiro atoms. The number of hydrogen-bond donors (Lipinski definition) is 2. The summed E-state index contributed by atoms with van der Waals surface area (Å²) in [5.41, 5.74) is 5.64. The summed E-state index contributed by atoms with van der Waals surface area (Å²) in [6.07, 6.45) is 4.00. The molecule has 1 saturated carbocycles. The molecule has 0 saturated heterocycles. The highest BCUT2D eigenvalue weighted by Crippen LogP contribution is 2.35. The Labute approximate surface area is 75.9 Å². The molecule has 2 nitrogen and oxygen atoms in total. The summed E-state index contributed by atoms with van der Waals surface area (Å²) in [5.74, 6) is 1.89. The van der Waals surface area contributed by atoms with Gasteiger partial charge in [0.25, 0.3) is 0 Å². The lowest BCUT2D eigenvalue weighted by Gasteiger charge is -2.11. The molecule has 2 heteroatoms. The van der Waals surface area contributed by atoms with E-state index in [1.165, 1.54) is 19.4 Å². The highest BCUT2D eigenvalue weighted by Gasteiger charge is 2.27. The third-order valence-corrected chi connectivity index (χ3v) is 2.67. The molecule has 12 heavy (non-hydrogen) atoms. The lowest BCUT2D eigenvalue weighted by Crippen LogP contribution is -2.27. The van der Waals surface area contributed by atoms with Crippen molar-refractivity contribution in [1.82, 2.24) is 5.32 Å². The van der Waals surface area contributed by atoms with E-state index in [0.717, 1.165) is 24.8 Å². The molecule has 1 fully saturated rings. The van der Waals surface area contributed by atoms with Gasteiger partial charge in [0.2, 0.25) is 0 Å².